The summed E-state index contributed by atoms with van der Waals surface area (Å²) in [7, 11) is 0. The molecule has 11 heavy (non-hydrogen) atoms. The molecule has 3 nitrogen and oxygen atoms in total. The molecule has 0 bridgehead atoms. The number of ether oxygens (including phenoxy) is 1. The van der Waals surface area contributed by atoms with Crippen LogP contribution in [-0.2, 0) is 4.74 Å². The van der Waals surface area contributed by atoms with Gasteiger partial charge in [0.05, 0.1) is 0 Å². The van der Waals surface area contributed by atoms with Gasteiger partial charge in [0.15, 0.2) is 0 Å². The third-order valence-corrected chi connectivity index (χ3v) is 2.61. The number of aliphatic hydroxyl groups is 1. The van der Waals surface area contributed by atoms with Gasteiger partial charge >= 0.3 is 6.08 Å². The third-order valence-electron chi connectivity index (χ3n) is 2.61. The maximum Gasteiger partial charge on any atom is 0.381 e. The summed E-state index contributed by atoms with van der Waals surface area (Å²) in [4.78, 5) is 4.05. The molecule has 3 heteroatoms. The van der Waals surface area contributed by atoms with Gasteiger partial charge in [0.1, 0.15) is 11.6 Å². The first-order chi connectivity index (χ1) is 4.97. The minimum Gasteiger partial charge on any atom is -0.466 e. The lowest BCUT2D eigenvalue weighted by Crippen LogP contribution is -2.37. The average molecular weight is 157 g/mol. The zero-order valence-electron chi connectivity index (χ0n) is 7.46. The molecule has 1 aliphatic rings. The summed E-state index contributed by atoms with van der Waals surface area (Å²) in [6, 6.07) is 0. The lowest BCUT2D eigenvalue weighted by atomic mass is 9.85. The standard InChI is InChI=1S/C8H15NO2/c1-5(2)8(4)6(3)11-7(10)9-8/h5-6H,1-4H3,(H,9,10)/t6-,8?/m1/s1. The Bertz CT molecular complexity index is 189. The van der Waals surface area contributed by atoms with Crippen molar-refractivity contribution in [2.75, 3.05) is 0 Å². The maximum atomic E-state index is 9.01. The Morgan fingerprint density at radius 1 is 1.64 bits per heavy atom. The van der Waals surface area contributed by atoms with Gasteiger partial charge in [0, 0.05) is 0 Å². The lowest BCUT2D eigenvalue weighted by Gasteiger charge is -2.27. The fourth-order valence-corrected chi connectivity index (χ4v) is 1.20. The first kappa shape index (κ1) is 8.37. The summed E-state index contributed by atoms with van der Waals surface area (Å²) in [5.41, 5.74) is -0.260. The van der Waals surface area contributed by atoms with Gasteiger partial charge in [-0.25, -0.2) is 4.99 Å². The van der Waals surface area contributed by atoms with Crippen LogP contribution in [0.3, 0.4) is 0 Å². The van der Waals surface area contributed by atoms with Gasteiger partial charge in [-0.1, -0.05) is 13.8 Å². The smallest absolute Gasteiger partial charge is 0.381 e. The molecule has 2 atom stereocenters. The van der Waals surface area contributed by atoms with Gasteiger partial charge in [-0.15, -0.1) is 0 Å². The normalized spacial score (nSPS) is 37.2. The number of hydrogen-bond donors (Lipinski definition) is 1. The van der Waals surface area contributed by atoms with Crippen LogP contribution >= 0.6 is 0 Å². The molecule has 0 fully saturated rings. The van der Waals surface area contributed by atoms with Crippen LogP contribution in [0.4, 0.5) is 0 Å². The Kier molecular flexibility index (Phi) is 1.82. The van der Waals surface area contributed by atoms with E-state index in [4.69, 9.17) is 9.84 Å². The van der Waals surface area contributed by atoms with E-state index in [9.17, 15) is 0 Å². The number of nitrogens with zero attached hydrogens (tertiary/aromatic N) is 1. The van der Waals surface area contributed by atoms with Crippen LogP contribution in [0, 0.1) is 5.92 Å². The topological polar surface area (TPSA) is 41.8 Å². The molecule has 0 aromatic rings. The molecular formula is C8H15NO2. The van der Waals surface area contributed by atoms with Crippen LogP contribution in [0.2, 0.25) is 0 Å². The zero-order valence-corrected chi connectivity index (χ0v) is 7.46. The number of hydrogen-bond acceptors (Lipinski definition) is 2. The van der Waals surface area contributed by atoms with E-state index >= 15 is 0 Å². The first-order valence-electron chi connectivity index (χ1n) is 3.92. The average Bonchev–Trinajstić information content (AvgIpc) is 2.08. The van der Waals surface area contributed by atoms with Crippen LogP contribution in [0.1, 0.15) is 27.7 Å². The molecule has 0 saturated heterocycles. The van der Waals surface area contributed by atoms with E-state index < -0.39 is 0 Å². The highest BCUT2D eigenvalue weighted by Gasteiger charge is 2.41. The molecule has 1 N–H and O–H groups in total. The first-order valence-corrected chi connectivity index (χ1v) is 3.92. The van der Waals surface area contributed by atoms with Crippen molar-refractivity contribution >= 4 is 6.08 Å². The summed E-state index contributed by atoms with van der Waals surface area (Å²) in [5.74, 6) is 0.377. The molecular weight excluding hydrogens is 142 g/mol. The molecule has 0 radical (unpaired) electrons. The zero-order chi connectivity index (χ0) is 8.65. The Balaban J connectivity index is 2.85. The molecule has 0 amide bonds. The van der Waals surface area contributed by atoms with Crippen molar-refractivity contribution < 1.29 is 9.84 Å². The van der Waals surface area contributed by atoms with Gasteiger partial charge in [0.2, 0.25) is 0 Å². The van der Waals surface area contributed by atoms with Gasteiger partial charge in [-0.3, -0.25) is 0 Å². The number of aliphatic hydroxyl groups excluding tert-OH is 1. The summed E-state index contributed by atoms with van der Waals surface area (Å²) < 4.78 is 5.04. The molecule has 0 spiro atoms. The second kappa shape index (κ2) is 2.40. The van der Waals surface area contributed by atoms with Gasteiger partial charge in [0.25, 0.3) is 0 Å². The summed E-state index contributed by atoms with van der Waals surface area (Å²) in [6.45, 7) is 8.06. The van der Waals surface area contributed by atoms with Crippen molar-refractivity contribution in [3.8, 4) is 0 Å². The Hall–Kier alpha value is -0.730. The fourth-order valence-electron chi connectivity index (χ4n) is 1.20. The predicted molar refractivity (Wildman–Crippen MR) is 43.9 cm³/mol. The molecule has 0 aromatic heterocycles. The highest BCUT2D eigenvalue weighted by molar-refractivity contribution is 5.67. The van der Waals surface area contributed by atoms with E-state index in [1.165, 1.54) is 0 Å². The number of aliphatic imine (C=N–C) groups is 1. The lowest BCUT2D eigenvalue weighted by molar-refractivity contribution is 0.113. The van der Waals surface area contributed by atoms with E-state index in [2.05, 4.69) is 18.8 Å². The van der Waals surface area contributed by atoms with Gasteiger partial charge < -0.3 is 9.84 Å². The van der Waals surface area contributed by atoms with E-state index in [1.54, 1.807) is 0 Å². The minimum atomic E-state index is -0.260. The van der Waals surface area contributed by atoms with Gasteiger partial charge in [-0.05, 0) is 19.8 Å². The van der Waals surface area contributed by atoms with Crippen molar-refractivity contribution in [1.29, 1.82) is 0 Å². The van der Waals surface area contributed by atoms with E-state index in [1.807, 2.05) is 13.8 Å². The second-order valence-corrected chi connectivity index (χ2v) is 3.53. The molecule has 0 aromatic carbocycles. The second-order valence-electron chi connectivity index (χ2n) is 3.53. The number of rotatable bonds is 1. The molecule has 0 saturated carbocycles. The largest absolute Gasteiger partial charge is 0.466 e. The quantitative estimate of drug-likeness (QED) is 0.629. The third kappa shape index (κ3) is 1.19. The monoisotopic (exact) mass is 157 g/mol. The van der Waals surface area contributed by atoms with Crippen LogP contribution in [0.5, 0.6) is 0 Å². The Morgan fingerprint density at radius 3 is 2.36 bits per heavy atom. The van der Waals surface area contributed by atoms with Crippen molar-refractivity contribution in [2.45, 2.75) is 39.3 Å². The van der Waals surface area contributed by atoms with E-state index in [-0.39, 0.29) is 17.7 Å². The summed E-state index contributed by atoms with van der Waals surface area (Å²) in [5, 5.41) is 9.01. The van der Waals surface area contributed by atoms with Crippen molar-refractivity contribution in [3.63, 3.8) is 0 Å². The summed E-state index contributed by atoms with van der Waals surface area (Å²) >= 11 is 0. The summed E-state index contributed by atoms with van der Waals surface area (Å²) in [6.07, 6.45) is -0.198. The molecule has 1 aliphatic heterocycles. The van der Waals surface area contributed by atoms with Crippen molar-refractivity contribution in [1.82, 2.24) is 0 Å². The highest BCUT2D eigenvalue weighted by atomic mass is 16.6. The Labute approximate surface area is 67.1 Å². The van der Waals surface area contributed by atoms with Crippen molar-refractivity contribution in [2.24, 2.45) is 10.9 Å². The van der Waals surface area contributed by atoms with Crippen LogP contribution in [0.15, 0.2) is 4.99 Å². The van der Waals surface area contributed by atoms with E-state index in [0.717, 1.165) is 0 Å². The molecule has 1 rings (SSSR count). The fraction of sp³-hybridized carbons (Fsp3) is 0.875. The molecule has 0 aliphatic carbocycles. The van der Waals surface area contributed by atoms with Crippen molar-refractivity contribution in [3.05, 3.63) is 0 Å². The molecule has 1 unspecified atom stereocenters. The van der Waals surface area contributed by atoms with Crippen LogP contribution < -0.4 is 0 Å². The van der Waals surface area contributed by atoms with Crippen LogP contribution in [0.25, 0.3) is 0 Å². The minimum absolute atomic E-state index is 0.0255. The molecule has 64 valence electrons. The maximum absolute atomic E-state index is 9.01. The van der Waals surface area contributed by atoms with Crippen LogP contribution in [-0.4, -0.2) is 22.8 Å². The SMILES string of the molecule is CC(C)C1(C)N=C(O)O[C@@H]1C. The predicted octanol–water partition coefficient (Wildman–Crippen LogP) is 1.73. The highest BCUT2D eigenvalue weighted by Crippen LogP contribution is 2.31. The Morgan fingerprint density at radius 2 is 2.18 bits per heavy atom. The van der Waals surface area contributed by atoms with Gasteiger partial charge in [-0.2, -0.15) is 0 Å². The molecule has 1 heterocycles. The van der Waals surface area contributed by atoms with E-state index in [0.29, 0.717) is 5.92 Å².